The van der Waals surface area contributed by atoms with Gasteiger partial charge in [0.2, 0.25) is 0 Å². The van der Waals surface area contributed by atoms with Crippen molar-refractivity contribution in [1.82, 2.24) is 9.80 Å². The Morgan fingerprint density at radius 2 is 1.48 bits per heavy atom. The van der Waals surface area contributed by atoms with Gasteiger partial charge in [-0.3, -0.25) is 19.4 Å². The Hall–Kier alpha value is -2.99. The third kappa shape index (κ3) is 4.22. The highest BCUT2D eigenvalue weighted by Gasteiger charge is 2.34. The average Bonchev–Trinajstić information content (AvgIpc) is 3.00. The lowest BCUT2D eigenvalue weighted by Gasteiger charge is -2.26. The minimum absolute atomic E-state index is 0.0279. The number of piperidine rings is 1. The third-order valence-electron chi connectivity index (χ3n) is 5.47. The second kappa shape index (κ2) is 8.57. The molecule has 0 spiro atoms. The highest BCUT2D eigenvalue weighted by molar-refractivity contribution is 6.21. The summed E-state index contributed by atoms with van der Waals surface area (Å²) in [7, 11) is 0. The second-order valence-corrected chi connectivity index (χ2v) is 7.48. The Kier molecular flexibility index (Phi) is 5.71. The van der Waals surface area contributed by atoms with E-state index in [-0.39, 0.29) is 25.0 Å². The zero-order chi connectivity index (χ0) is 20.2. The van der Waals surface area contributed by atoms with Crippen molar-refractivity contribution < 1.29 is 19.1 Å². The Morgan fingerprint density at radius 1 is 0.862 bits per heavy atom. The second-order valence-electron chi connectivity index (χ2n) is 7.48. The maximum Gasteiger partial charge on any atom is 0.338 e. The predicted molar refractivity (Wildman–Crippen MR) is 108 cm³/mol. The third-order valence-corrected chi connectivity index (χ3v) is 5.47. The van der Waals surface area contributed by atoms with E-state index in [1.807, 2.05) is 12.1 Å². The number of rotatable bonds is 6. The van der Waals surface area contributed by atoms with Crippen molar-refractivity contribution in [3.8, 4) is 0 Å². The number of likely N-dealkylation sites (tertiary alicyclic amines) is 1. The molecule has 2 aromatic rings. The van der Waals surface area contributed by atoms with Gasteiger partial charge in [0, 0.05) is 6.54 Å². The van der Waals surface area contributed by atoms with Crippen molar-refractivity contribution in [3.05, 3.63) is 70.8 Å². The van der Waals surface area contributed by atoms with Gasteiger partial charge in [-0.05, 0) is 55.8 Å². The van der Waals surface area contributed by atoms with Gasteiger partial charge in [-0.15, -0.1) is 0 Å². The van der Waals surface area contributed by atoms with Crippen LogP contribution in [0.3, 0.4) is 0 Å². The van der Waals surface area contributed by atoms with Crippen molar-refractivity contribution in [2.75, 3.05) is 26.2 Å². The van der Waals surface area contributed by atoms with Crippen LogP contribution in [-0.2, 0) is 11.3 Å². The van der Waals surface area contributed by atoms with Crippen LogP contribution in [0.5, 0.6) is 0 Å². The zero-order valence-electron chi connectivity index (χ0n) is 16.3. The first-order valence-electron chi connectivity index (χ1n) is 10.1. The van der Waals surface area contributed by atoms with E-state index in [2.05, 4.69) is 4.90 Å². The molecule has 0 radical (unpaired) electrons. The van der Waals surface area contributed by atoms with Crippen molar-refractivity contribution in [2.45, 2.75) is 25.8 Å². The van der Waals surface area contributed by atoms with Gasteiger partial charge in [0.1, 0.15) is 6.61 Å². The van der Waals surface area contributed by atoms with Crippen LogP contribution in [0.1, 0.15) is 55.9 Å². The first kappa shape index (κ1) is 19.3. The van der Waals surface area contributed by atoms with E-state index in [1.54, 1.807) is 36.4 Å². The predicted octanol–water partition coefficient (Wildman–Crippen LogP) is 3.13. The van der Waals surface area contributed by atoms with Crippen LogP contribution >= 0.6 is 0 Å². The number of benzene rings is 2. The number of hydrogen-bond acceptors (Lipinski definition) is 5. The molecule has 2 aromatic carbocycles. The van der Waals surface area contributed by atoms with E-state index >= 15 is 0 Å². The molecule has 6 nitrogen and oxygen atoms in total. The van der Waals surface area contributed by atoms with Crippen molar-refractivity contribution >= 4 is 17.8 Å². The minimum Gasteiger partial charge on any atom is -0.460 e. The van der Waals surface area contributed by atoms with E-state index in [0.717, 1.165) is 24.5 Å². The highest BCUT2D eigenvalue weighted by atomic mass is 16.5. The molecule has 0 bridgehead atoms. The van der Waals surface area contributed by atoms with Gasteiger partial charge < -0.3 is 4.74 Å². The molecule has 0 saturated carbocycles. The topological polar surface area (TPSA) is 66.9 Å². The molecule has 2 aliphatic rings. The number of carbonyl (C=O) groups excluding carboxylic acids is 3. The van der Waals surface area contributed by atoms with Crippen LogP contribution in [0, 0.1) is 0 Å². The summed E-state index contributed by atoms with van der Waals surface area (Å²) in [6.07, 6.45) is 3.80. The number of fused-ring (bicyclic) bond motifs is 1. The van der Waals surface area contributed by atoms with Crippen LogP contribution in [-0.4, -0.2) is 53.8 Å². The number of esters is 1. The number of imide groups is 1. The number of ether oxygens (including phenoxy) is 1. The summed E-state index contributed by atoms with van der Waals surface area (Å²) in [5, 5.41) is 0. The van der Waals surface area contributed by atoms with Crippen molar-refractivity contribution in [2.24, 2.45) is 0 Å². The molecule has 0 atom stereocenters. The fraction of sp³-hybridized carbons (Fsp3) is 0.348. The summed E-state index contributed by atoms with van der Waals surface area (Å²) in [6, 6.07) is 14.2. The Morgan fingerprint density at radius 3 is 2.10 bits per heavy atom. The van der Waals surface area contributed by atoms with Gasteiger partial charge in [0.05, 0.1) is 23.2 Å². The standard InChI is InChI=1S/C23H24N2O4/c26-21-19-6-2-3-7-20(19)22(27)25(21)14-15-29-23(28)18-10-8-17(9-11-18)16-24-12-4-1-5-13-24/h2-3,6-11H,1,4-5,12-16H2. The SMILES string of the molecule is O=C(OCCN1C(=O)c2ccccc2C1=O)c1ccc(CN2CCCCC2)cc1. The minimum atomic E-state index is -0.453. The molecule has 4 rings (SSSR count). The molecule has 0 aromatic heterocycles. The van der Waals surface area contributed by atoms with Crippen LogP contribution in [0.4, 0.5) is 0 Å². The number of carbonyl (C=O) groups is 3. The van der Waals surface area contributed by atoms with Gasteiger partial charge in [0.25, 0.3) is 11.8 Å². The molecular weight excluding hydrogens is 368 g/mol. The van der Waals surface area contributed by atoms with Gasteiger partial charge in [-0.2, -0.15) is 0 Å². The van der Waals surface area contributed by atoms with Crippen LogP contribution in [0.25, 0.3) is 0 Å². The van der Waals surface area contributed by atoms with Gasteiger partial charge in [-0.1, -0.05) is 30.7 Å². The molecule has 1 fully saturated rings. The number of amides is 2. The lowest BCUT2D eigenvalue weighted by atomic mass is 10.1. The van der Waals surface area contributed by atoms with Crippen LogP contribution in [0.15, 0.2) is 48.5 Å². The Balaban J connectivity index is 1.28. The molecule has 6 heteroatoms. The first-order valence-corrected chi connectivity index (χ1v) is 10.1. The Labute approximate surface area is 170 Å². The van der Waals surface area contributed by atoms with Crippen LogP contribution in [0.2, 0.25) is 0 Å². The smallest absolute Gasteiger partial charge is 0.338 e. The highest BCUT2D eigenvalue weighted by Crippen LogP contribution is 2.22. The quantitative estimate of drug-likeness (QED) is 0.558. The van der Waals surface area contributed by atoms with Crippen molar-refractivity contribution in [1.29, 1.82) is 0 Å². The van der Waals surface area contributed by atoms with E-state index in [1.165, 1.54) is 24.8 Å². The summed E-state index contributed by atoms with van der Waals surface area (Å²) >= 11 is 0. The molecule has 2 amide bonds. The molecule has 29 heavy (non-hydrogen) atoms. The maximum absolute atomic E-state index is 12.3. The summed E-state index contributed by atoms with van der Waals surface area (Å²) in [6.45, 7) is 3.17. The Bertz CT molecular complexity index is 882. The monoisotopic (exact) mass is 392 g/mol. The molecule has 0 N–H and O–H groups in total. The molecular formula is C23H24N2O4. The summed E-state index contributed by atoms with van der Waals surface area (Å²) in [5.74, 6) is -1.14. The molecule has 0 unspecified atom stereocenters. The first-order chi connectivity index (χ1) is 14.1. The lowest BCUT2D eigenvalue weighted by molar-refractivity contribution is 0.0420. The largest absolute Gasteiger partial charge is 0.460 e. The fourth-order valence-electron chi connectivity index (χ4n) is 3.88. The van der Waals surface area contributed by atoms with Crippen molar-refractivity contribution in [3.63, 3.8) is 0 Å². The van der Waals surface area contributed by atoms with Gasteiger partial charge in [0.15, 0.2) is 0 Å². The molecule has 1 saturated heterocycles. The number of nitrogens with zero attached hydrogens (tertiary/aromatic N) is 2. The van der Waals surface area contributed by atoms with Crippen LogP contribution < -0.4 is 0 Å². The number of hydrogen-bond donors (Lipinski definition) is 0. The molecule has 2 aliphatic heterocycles. The summed E-state index contributed by atoms with van der Waals surface area (Å²) < 4.78 is 5.28. The average molecular weight is 392 g/mol. The maximum atomic E-state index is 12.3. The van der Waals surface area contributed by atoms with E-state index in [9.17, 15) is 14.4 Å². The van der Waals surface area contributed by atoms with Gasteiger partial charge >= 0.3 is 5.97 Å². The summed E-state index contributed by atoms with van der Waals surface area (Å²) in [5.41, 5.74) is 2.44. The van der Waals surface area contributed by atoms with E-state index in [4.69, 9.17) is 4.74 Å². The van der Waals surface area contributed by atoms with E-state index < -0.39 is 5.97 Å². The normalized spacial score (nSPS) is 16.8. The summed E-state index contributed by atoms with van der Waals surface area (Å²) in [4.78, 5) is 40.5. The molecule has 0 aliphatic carbocycles. The van der Waals surface area contributed by atoms with E-state index in [0.29, 0.717) is 16.7 Å². The van der Waals surface area contributed by atoms with Gasteiger partial charge in [-0.25, -0.2) is 4.79 Å². The molecule has 2 heterocycles. The molecule has 150 valence electrons. The zero-order valence-corrected chi connectivity index (χ0v) is 16.3. The fourth-order valence-corrected chi connectivity index (χ4v) is 3.88. The lowest BCUT2D eigenvalue weighted by Crippen LogP contribution is -2.33.